The molecule has 0 saturated carbocycles. The van der Waals surface area contributed by atoms with Gasteiger partial charge in [-0.2, -0.15) is 0 Å². The standard InChI is InChI=1S/C21H36O3/c1-17(2)9-7-12-20(22)19(4)11-8-10-18(3)14-16-24-21-13-5-6-15-23-21/h9,11,14,20-22H,5-8,10,12-13,15-16H2,1-4H3/b18-14+,19-11+. The highest BCUT2D eigenvalue weighted by molar-refractivity contribution is 5.08. The molecule has 1 fully saturated rings. The molecule has 0 radical (unpaired) electrons. The van der Waals surface area contributed by atoms with Gasteiger partial charge in [-0.25, -0.2) is 0 Å². The molecule has 1 saturated heterocycles. The van der Waals surface area contributed by atoms with Gasteiger partial charge in [0.15, 0.2) is 6.29 Å². The Morgan fingerprint density at radius 3 is 2.58 bits per heavy atom. The van der Waals surface area contributed by atoms with Crippen molar-refractivity contribution in [2.24, 2.45) is 0 Å². The van der Waals surface area contributed by atoms with Gasteiger partial charge < -0.3 is 14.6 Å². The van der Waals surface area contributed by atoms with E-state index in [-0.39, 0.29) is 12.4 Å². The highest BCUT2D eigenvalue weighted by atomic mass is 16.7. The average Bonchev–Trinajstić information content (AvgIpc) is 2.55. The van der Waals surface area contributed by atoms with Crippen molar-refractivity contribution in [2.45, 2.75) is 85.0 Å². The minimum Gasteiger partial charge on any atom is -0.389 e. The van der Waals surface area contributed by atoms with Crippen molar-refractivity contribution < 1.29 is 14.6 Å². The Morgan fingerprint density at radius 2 is 1.92 bits per heavy atom. The Hall–Kier alpha value is -0.900. The van der Waals surface area contributed by atoms with Crippen LogP contribution in [0.25, 0.3) is 0 Å². The average molecular weight is 337 g/mol. The molecule has 0 spiro atoms. The summed E-state index contributed by atoms with van der Waals surface area (Å²) < 4.78 is 11.3. The van der Waals surface area contributed by atoms with Crippen molar-refractivity contribution in [1.29, 1.82) is 0 Å². The highest BCUT2D eigenvalue weighted by Crippen LogP contribution is 2.15. The maximum absolute atomic E-state index is 10.1. The number of ether oxygens (including phenoxy) is 2. The molecule has 1 heterocycles. The first-order chi connectivity index (χ1) is 11.5. The van der Waals surface area contributed by atoms with E-state index < -0.39 is 0 Å². The van der Waals surface area contributed by atoms with Crippen LogP contribution in [0.3, 0.4) is 0 Å². The zero-order valence-electron chi connectivity index (χ0n) is 16.0. The SMILES string of the molecule is CC(C)=CCCC(O)/C(C)=C/CC/C(C)=C/COC1CCCCO1. The van der Waals surface area contributed by atoms with Crippen LogP contribution in [0.15, 0.2) is 34.9 Å². The Labute approximate surface area is 148 Å². The predicted octanol–water partition coefficient (Wildman–Crippen LogP) is 5.31. The molecule has 0 aliphatic carbocycles. The monoisotopic (exact) mass is 336 g/mol. The smallest absolute Gasteiger partial charge is 0.157 e. The van der Waals surface area contributed by atoms with E-state index in [9.17, 15) is 5.11 Å². The summed E-state index contributed by atoms with van der Waals surface area (Å²) in [6, 6.07) is 0. The van der Waals surface area contributed by atoms with Crippen LogP contribution in [0.5, 0.6) is 0 Å². The number of hydrogen-bond donors (Lipinski definition) is 1. The maximum Gasteiger partial charge on any atom is 0.157 e. The lowest BCUT2D eigenvalue weighted by Gasteiger charge is -2.22. The van der Waals surface area contributed by atoms with Gasteiger partial charge in [0.2, 0.25) is 0 Å². The van der Waals surface area contributed by atoms with E-state index in [1.54, 1.807) is 0 Å². The summed E-state index contributed by atoms with van der Waals surface area (Å²) >= 11 is 0. The number of aliphatic hydroxyl groups is 1. The number of aliphatic hydroxyl groups excluding tert-OH is 1. The molecule has 0 aromatic carbocycles. The number of rotatable bonds is 10. The van der Waals surface area contributed by atoms with Gasteiger partial charge in [0, 0.05) is 6.61 Å². The quantitative estimate of drug-likeness (QED) is 0.549. The first-order valence-corrected chi connectivity index (χ1v) is 9.36. The van der Waals surface area contributed by atoms with Crippen LogP contribution in [0.1, 0.15) is 72.6 Å². The van der Waals surface area contributed by atoms with E-state index in [1.165, 1.54) is 17.6 Å². The van der Waals surface area contributed by atoms with E-state index in [1.807, 2.05) is 6.92 Å². The fourth-order valence-electron chi connectivity index (χ4n) is 2.66. The summed E-state index contributed by atoms with van der Waals surface area (Å²) in [5.74, 6) is 0. The molecule has 0 amide bonds. The molecule has 1 aliphatic rings. The molecule has 0 aromatic heterocycles. The summed E-state index contributed by atoms with van der Waals surface area (Å²) in [6.45, 7) is 9.80. The van der Waals surface area contributed by atoms with Crippen LogP contribution < -0.4 is 0 Å². The third kappa shape index (κ3) is 10.1. The Kier molecular flexibility index (Phi) is 11.0. The third-order valence-electron chi connectivity index (χ3n) is 4.38. The molecule has 24 heavy (non-hydrogen) atoms. The van der Waals surface area contributed by atoms with Crippen LogP contribution >= 0.6 is 0 Å². The van der Waals surface area contributed by atoms with Gasteiger partial charge in [0.25, 0.3) is 0 Å². The summed E-state index contributed by atoms with van der Waals surface area (Å²) in [7, 11) is 0. The minimum absolute atomic E-state index is 0.0131. The number of allylic oxidation sites excluding steroid dienone is 4. The fraction of sp³-hybridized carbons (Fsp3) is 0.714. The molecule has 1 rings (SSSR count). The summed E-state index contributed by atoms with van der Waals surface area (Å²) in [4.78, 5) is 0. The molecular weight excluding hydrogens is 300 g/mol. The fourth-order valence-corrected chi connectivity index (χ4v) is 2.66. The van der Waals surface area contributed by atoms with Gasteiger partial charge in [-0.3, -0.25) is 0 Å². The van der Waals surface area contributed by atoms with Crippen LogP contribution in [0.2, 0.25) is 0 Å². The lowest BCUT2D eigenvalue weighted by molar-refractivity contribution is -0.155. The molecule has 3 heteroatoms. The Balaban J connectivity index is 2.20. The van der Waals surface area contributed by atoms with Crippen molar-refractivity contribution in [2.75, 3.05) is 13.2 Å². The molecule has 138 valence electrons. The molecule has 0 bridgehead atoms. The van der Waals surface area contributed by atoms with Gasteiger partial charge in [0.05, 0.1) is 12.7 Å². The lowest BCUT2D eigenvalue weighted by Crippen LogP contribution is -2.22. The molecule has 2 atom stereocenters. The van der Waals surface area contributed by atoms with Crippen molar-refractivity contribution >= 4 is 0 Å². The summed E-state index contributed by atoms with van der Waals surface area (Å²) in [5.41, 5.74) is 3.72. The van der Waals surface area contributed by atoms with Crippen LogP contribution in [-0.2, 0) is 9.47 Å². The highest BCUT2D eigenvalue weighted by Gasteiger charge is 2.12. The topological polar surface area (TPSA) is 38.7 Å². The number of hydrogen-bond acceptors (Lipinski definition) is 3. The second-order valence-corrected chi connectivity index (χ2v) is 7.04. The van der Waals surface area contributed by atoms with Gasteiger partial charge in [-0.1, -0.05) is 29.4 Å². The molecule has 1 aliphatic heterocycles. The molecule has 2 unspecified atom stereocenters. The van der Waals surface area contributed by atoms with Crippen molar-refractivity contribution in [1.82, 2.24) is 0 Å². The van der Waals surface area contributed by atoms with E-state index in [0.29, 0.717) is 6.61 Å². The largest absolute Gasteiger partial charge is 0.389 e. The summed E-state index contributed by atoms with van der Waals surface area (Å²) in [6.07, 6.45) is 13.2. The van der Waals surface area contributed by atoms with Crippen molar-refractivity contribution in [3.05, 3.63) is 34.9 Å². The van der Waals surface area contributed by atoms with Gasteiger partial charge in [-0.15, -0.1) is 0 Å². The second kappa shape index (κ2) is 12.5. The maximum atomic E-state index is 10.1. The van der Waals surface area contributed by atoms with E-state index in [0.717, 1.165) is 50.7 Å². The minimum atomic E-state index is -0.323. The summed E-state index contributed by atoms with van der Waals surface area (Å²) in [5, 5.41) is 10.1. The van der Waals surface area contributed by atoms with Crippen LogP contribution in [0, 0.1) is 0 Å². The van der Waals surface area contributed by atoms with Gasteiger partial charge >= 0.3 is 0 Å². The third-order valence-corrected chi connectivity index (χ3v) is 4.38. The van der Waals surface area contributed by atoms with Crippen molar-refractivity contribution in [3.8, 4) is 0 Å². The van der Waals surface area contributed by atoms with E-state index in [2.05, 4.69) is 39.0 Å². The predicted molar refractivity (Wildman–Crippen MR) is 101 cm³/mol. The normalized spacial score (nSPS) is 20.8. The second-order valence-electron chi connectivity index (χ2n) is 7.04. The molecule has 1 N–H and O–H groups in total. The Bertz CT molecular complexity index is 424. The van der Waals surface area contributed by atoms with Crippen molar-refractivity contribution in [3.63, 3.8) is 0 Å². The van der Waals surface area contributed by atoms with Crippen LogP contribution in [0.4, 0.5) is 0 Å². The first-order valence-electron chi connectivity index (χ1n) is 9.36. The molecular formula is C21H36O3. The molecule has 3 nitrogen and oxygen atoms in total. The van der Waals surface area contributed by atoms with Crippen LogP contribution in [-0.4, -0.2) is 30.7 Å². The Morgan fingerprint density at radius 1 is 1.12 bits per heavy atom. The zero-order chi connectivity index (χ0) is 17.8. The van der Waals surface area contributed by atoms with Gasteiger partial charge in [0.1, 0.15) is 0 Å². The molecule has 0 aromatic rings. The van der Waals surface area contributed by atoms with E-state index >= 15 is 0 Å². The first kappa shape index (κ1) is 21.1. The van der Waals surface area contributed by atoms with Gasteiger partial charge in [-0.05, 0) is 78.2 Å². The van der Waals surface area contributed by atoms with E-state index in [4.69, 9.17) is 9.47 Å². The zero-order valence-corrected chi connectivity index (χ0v) is 16.0. The lowest BCUT2D eigenvalue weighted by atomic mass is 10.0.